The number of azo groups is 1. The van der Waals surface area contributed by atoms with Crippen molar-refractivity contribution in [3.63, 3.8) is 0 Å². The summed E-state index contributed by atoms with van der Waals surface area (Å²) in [4.78, 5) is 1.19. The van der Waals surface area contributed by atoms with E-state index < -0.39 is 128 Å². The second kappa shape index (κ2) is 20.0. The zero-order valence-electron chi connectivity index (χ0n) is 28.6. The van der Waals surface area contributed by atoms with E-state index in [2.05, 4.69) is 25.5 Å². The topological polar surface area (TPSA) is 358 Å². The van der Waals surface area contributed by atoms with Gasteiger partial charge in [-0.05, 0) is 48.7 Å². The van der Waals surface area contributed by atoms with Crippen molar-refractivity contribution in [2.45, 2.75) is 26.5 Å². The third-order valence-corrected chi connectivity index (χ3v) is 10.7. The molecular formula is C25H11ClCuFN5Na4O15S4. The minimum Gasteiger partial charge on any atom is -0.871 e. The molecule has 1 aromatic heterocycles. The maximum atomic E-state index is 13.9. The fourth-order valence-electron chi connectivity index (χ4n) is 4.72. The van der Waals surface area contributed by atoms with E-state index in [1.807, 2.05) is 0 Å². The van der Waals surface area contributed by atoms with Gasteiger partial charge in [-0.15, -0.1) is 0 Å². The molecule has 279 valence electrons. The van der Waals surface area contributed by atoms with E-state index >= 15 is 0 Å². The smallest absolute Gasteiger partial charge is 0.871 e. The van der Waals surface area contributed by atoms with Crippen LogP contribution in [0.3, 0.4) is 0 Å². The molecule has 1 heterocycles. The van der Waals surface area contributed by atoms with Crippen molar-refractivity contribution in [2.75, 3.05) is 5.32 Å². The van der Waals surface area contributed by atoms with Crippen LogP contribution in [0, 0.1) is 13.0 Å². The summed E-state index contributed by atoms with van der Waals surface area (Å²) >= 11 is 6.04. The van der Waals surface area contributed by atoms with Crippen LogP contribution in [-0.2, 0) is 57.5 Å². The van der Waals surface area contributed by atoms with Crippen molar-refractivity contribution in [2.24, 2.45) is 10.2 Å². The third kappa shape index (κ3) is 11.7. The van der Waals surface area contributed by atoms with Crippen molar-refractivity contribution in [3.8, 4) is 17.2 Å². The zero-order valence-corrected chi connectivity index (χ0v) is 41.6. The van der Waals surface area contributed by atoms with Gasteiger partial charge in [-0.25, -0.2) is 38.7 Å². The van der Waals surface area contributed by atoms with Gasteiger partial charge in [0.25, 0.3) is 0 Å². The third-order valence-electron chi connectivity index (χ3n) is 6.79. The van der Waals surface area contributed by atoms with Gasteiger partial charge in [0.2, 0.25) is 0 Å². The van der Waals surface area contributed by atoms with Crippen LogP contribution in [0.5, 0.6) is 17.2 Å². The molecule has 2 N–H and O–H groups in total. The second-order valence-corrected chi connectivity index (χ2v) is 15.9. The Labute approximate surface area is 419 Å². The molecule has 0 unspecified atom stereocenters. The van der Waals surface area contributed by atoms with Crippen LogP contribution in [0.1, 0.15) is 5.69 Å². The van der Waals surface area contributed by atoms with Gasteiger partial charge in [0, 0.05) is 16.5 Å². The maximum Gasteiger partial charge on any atom is 2.00 e. The standard InChI is InChI=1S/C25H17ClFN5O15S4.Cu.4Na/c1-8-21(26)24(30-25(27)28-8)29-9-2-11-16(49(39,40)41)6-13(23(35)20(11)18(3-9)51(45,46)47)31-32-22-15(34)7-17(50(42,43)44)12-4-10(48(36,37)38)5-14(33)19(12)22;;;;;/h2-7,33-35H,1H3,(H,28,29,30)(H,36,37,38)(H,39,40,41)(H,42,43,44)(H,45,46,47);;;;;/q;+2;4*+1/p-6. The van der Waals surface area contributed by atoms with Gasteiger partial charge in [-0.1, -0.05) is 23.1 Å². The Balaban J connectivity index is 0.00000605. The van der Waals surface area contributed by atoms with E-state index in [1.54, 1.807) is 0 Å². The van der Waals surface area contributed by atoms with E-state index in [0.717, 1.165) is 0 Å². The van der Waals surface area contributed by atoms with E-state index in [-0.39, 0.29) is 164 Å². The molecule has 0 amide bonds. The number of nitrogens with one attached hydrogen (secondary N) is 1. The second-order valence-electron chi connectivity index (χ2n) is 10.1. The van der Waals surface area contributed by atoms with Crippen molar-refractivity contribution < 1.29 is 207 Å². The molecule has 0 aliphatic heterocycles. The van der Waals surface area contributed by atoms with Crippen LogP contribution in [-0.4, -0.2) is 67.0 Å². The zero-order chi connectivity index (χ0) is 38.2. The number of halogens is 2. The molecule has 56 heavy (non-hydrogen) atoms. The Hall–Kier alpha value is -0.341. The summed E-state index contributed by atoms with van der Waals surface area (Å²) < 4.78 is 158. The Kier molecular flexibility index (Phi) is 19.9. The molecular weight excluding hydrogens is 949 g/mol. The number of aromatic hydroxyl groups is 1. The number of hydrogen-bond donors (Lipinski definition) is 2. The summed E-state index contributed by atoms with van der Waals surface area (Å²) in [5, 5.41) is 41.4. The number of aryl methyl sites for hydroxylation is 1. The van der Waals surface area contributed by atoms with Crippen molar-refractivity contribution >= 4 is 96.5 Å². The molecule has 1 radical (unpaired) electrons. The normalized spacial score (nSPS) is 11.8. The van der Waals surface area contributed by atoms with Crippen LogP contribution in [0.15, 0.2) is 66.2 Å². The number of phenolic OH excluding ortho intramolecular Hbond substituents is 1. The van der Waals surface area contributed by atoms with E-state index in [0.29, 0.717) is 18.2 Å². The number of aromatic nitrogens is 2. The summed E-state index contributed by atoms with van der Waals surface area (Å²) in [5.74, 6) is -4.98. The van der Waals surface area contributed by atoms with Crippen LogP contribution in [0.25, 0.3) is 21.5 Å². The van der Waals surface area contributed by atoms with Crippen molar-refractivity contribution in [3.05, 3.63) is 53.2 Å². The van der Waals surface area contributed by atoms with Crippen LogP contribution < -0.4 is 134 Å². The Morgan fingerprint density at radius 3 is 1.75 bits per heavy atom. The summed E-state index contributed by atoms with van der Waals surface area (Å²) in [6, 6.07) is 2.06. The molecule has 0 saturated heterocycles. The number of fused-ring (bicyclic) bond motifs is 2. The fraction of sp³-hybridized carbons (Fsp3) is 0.0400. The van der Waals surface area contributed by atoms with Gasteiger partial charge in [0.15, 0.2) is 5.82 Å². The van der Waals surface area contributed by atoms with Gasteiger partial charge in [-0.3, -0.25) is 0 Å². The van der Waals surface area contributed by atoms with Crippen molar-refractivity contribution in [1.29, 1.82) is 0 Å². The first-order valence-corrected chi connectivity index (χ1v) is 18.8. The fourth-order valence-corrected chi connectivity index (χ4v) is 7.46. The Bertz CT molecular complexity index is 2880. The number of anilines is 2. The number of nitrogens with zero attached hydrogens (tertiary/aromatic N) is 4. The van der Waals surface area contributed by atoms with E-state index in [9.17, 15) is 71.6 Å². The Morgan fingerprint density at radius 2 is 1.23 bits per heavy atom. The van der Waals surface area contributed by atoms with Gasteiger partial charge in [-0.2, -0.15) is 19.6 Å². The minimum atomic E-state index is -5.76. The van der Waals surface area contributed by atoms with Crippen LogP contribution in [0.2, 0.25) is 5.02 Å². The molecule has 4 aromatic carbocycles. The summed E-state index contributed by atoms with van der Waals surface area (Å²) in [7, 11) is -22.5. The SMILES string of the molecule is Cc1nc(F)nc(Nc2cc(S(=O)(=O)[O-])c3c([O-])c(N=Nc4c([O-])cc(S(=O)(=O)[O-])c5cc(S(=O)(=O)[O-])cc(O)c45)cc(S(=O)(=O)[O-])c3c2)c1Cl.[Cu+2].[Na+].[Na+].[Na+].[Na+]. The number of phenols is 1. The quantitative estimate of drug-likeness (QED) is 0.0631. The van der Waals surface area contributed by atoms with Gasteiger partial charge < -0.3 is 38.8 Å². The molecule has 0 saturated carbocycles. The molecule has 20 nitrogen and oxygen atoms in total. The van der Waals surface area contributed by atoms with Gasteiger partial charge >= 0.3 is 141 Å². The average molecular weight is 960 g/mol. The van der Waals surface area contributed by atoms with Gasteiger partial charge in [0.1, 0.15) is 51.2 Å². The minimum absolute atomic E-state index is 0. The molecule has 5 rings (SSSR count). The first-order valence-electron chi connectivity index (χ1n) is 12.8. The first kappa shape index (κ1) is 55.7. The Morgan fingerprint density at radius 1 is 0.714 bits per heavy atom. The van der Waals surface area contributed by atoms with E-state index in [1.165, 1.54) is 6.92 Å². The molecule has 5 aromatic rings. The van der Waals surface area contributed by atoms with E-state index in [4.69, 9.17) is 11.6 Å². The summed E-state index contributed by atoms with van der Waals surface area (Å²) in [6.45, 7) is 1.25. The molecule has 0 atom stereocenters. The summed E-state index contributed by atoms with van der Waals surface area (Å²) in [5.41, 5.74) is -3.06. The number of hydrogen-bond acceptors (Lipinski definition) is 20. The molecule has 31 heteroatoms. The molecule has 0 fully saturated rings. The molecule has 0 bridgehead atoms. The van der Waals surface area contributed by atoms with Crippen LogP contribution >= 0.6 is 11.6 Å². The summed E-state index contributed by atoms with van der Waals surface area (Å²) in [6.07, 6.45) is -1.32. The maximum absolute atomic E-state index is 13.9. The predicted octanol–water partition coefficient (Wildman–Crippen LogP) is -10.5. The molecule has 0 spiro atoms. The van der Waals surface area contributed by atoms with Crippen LogP contribution in [0.4, 0.5) is 27.3 Å². The monoisotopic (exact) mass is 958 g/mol. The number of benzene rings is 4. The first-order chi connectivity index (χ1) is 23.3. The predicted molar refractivity (Wildman–Crippen MR) is 160 cm³/mol. The number of rotatable bonds is 8. The average Bonchev–Trinajstić information content (AvgIpc) is 2.97. The van der Waals surface area contributed by atoms with Gasteiger partial charge in [0.05, 0.1) is 42.0 Å². The largest absolute Gasteiger partial charge is 2.00 e. The van der Waals surface area contributed by atoms with Crippen molar-refractivity contribution in [1.82, 2.24) is 9.97 Å². The molecule has 0 aliphatic rings. The molecule has 0 aliphatic carbocycles.